The van der Waals surface area contributed by atoms with Crippen LogP contribution in [0, 0.1) is 0 Å². The van der Waals surface area contributed by atoms with Crippen LogP contribution in [-0.2, 0) is 0 Å². The maximum atomic E-state index is 5.53. The molecule has 2 rings (SSSR count). The van der Waals surface area contributed by atoms with Gasteiger partial charge in [0.25, 0.3) is 0 Å². The van der Waals surface area contributed by atoms with E-state index in [0.29, 0.717) is 18.1 Å². The van der Waals surface area contributed by atoms with Crippen molar-refractivity contribution in [3.05, 3.63) is 24.2 Å². The van der Waals surface area contributed by atoms with Crippen LogP contribution >= 0.6 is 0 Å². The number of nitrogens with zero attached hydrogens (tertiary/aromatic N) is 1. The SMILES string of the molecule is CCCC1CN(C(C)c2ccco2)C(C)CN1. The van der Waals surface area contributed by atoms with Gasteiger partial charge in [-0.25, -0.2) is 0 Å². The molecule has 0 saturated carbocycles. The number of furan rings is 1. The van der Waals surface area contributed by atoms with Crippen LogP contribution in [0.5, 0.6) is 0 Å². The largest absolute Gasteiger partial charge is 0.468 e. The molecule has 0 spiro atoms. The van der Waals surface area contributed by atoms with E-state index in [2.05, 4.69) is 37.1 Å². The van der Waals surface area contributed by atoms with Gasteiger partial charge in [0.1, 0.15) is 5.76 Å². The van der Waals surface area contributed by atoms with Gasteiger partial charge in [-0.2, -0.15) is 0 Å². The Labute approximate surface area is 104 Å². The first kappa shape index (κ1) is 12.7. The molecule has 1 aromatic rings. The third-order valence-electron chi connectivity index (χ3n) is 3.79. The van der Waals surface area contributed by atoms with Gasteiger partial charge in [0.15, 0.2) is 0 Å². The van der Waals surface area contributed by atoms with Crippen molar-refractivity contribution < 1.29 is 4.42 Å². The summed E-state index contributed by atoms with van der Waals surface area (Å²) in [6, 6.07) is 5.63. The molecule has 1 aliphatic heterocycles. The maximum Gasteiger partial charge on any atom is 0.120 e. The van der Waals surface area contributed by atoms with Crippen molar-refractivity contribution in [3.63, 3.8) is 0 Å². The lowest BCUT2D eigenvalue weighted by Gasteiger charge is -2.41. The first-order chi connectivity index (χ1) is 8.22. The van der Waals surface area contributed by atoms with E-state index in [1.54, 1.807) is 6.26 Å². The minimum atomic E-state index is 0.376. The van der Waals surface area contributed by atoms with Gasteiger partial charge in [0, 0.05) is 25.2 Å². The fraction of sp³-hybridized carbons (Fsp3) is 0.714. The Morgan fingerprint density at radius 3 is 3.06 bits per heavy atom. The highest BCUT2D eigenvalue weighted by Crippen LogP contribution is 2.25. The zero-order valence-corrected chi connectivity index (χ0v) is 11.1. The van der Waals surface area contributed by atoms with Gasteiger partial charge in [0.2, 0.25) is 0 Å². The summed E-state index contributed by atoms with van der Waals surface area (Å²) in [6.45, 7) is 8.98. The highest BCUT2D eigenvalue weighted by Gasteiger charge is 2.29. The quantitative estimate of drug-likeness (QED) is 0.871. The Kier molecular flexibility index (Phi) is 4.24. The summed E-state index contributed by atoms with van der Waals surface area (Å²) in [5.74, 6) is 1.08. The summed E-state index contributed by atoms with van der Waals surface area (Å²) in [5.41, 5.74) is 0. The van der Waals surface area contributed by atoms with Crippen LogP contribution < -0.4 is 5.32 Å². The highest BCUT2D eigenvalue weighted by molar-refractivity contribution is 5.05. The zero-order valence-electron chi connectivity index (χ0n) is 11.1. The Morgan fingerprint density at radius 1 is 1.59 bits per heavy atom. The fourth-order valence-corrected chi connectivity index (χ4v) is 2.73. The molecule has 2 heterocycles. The molecule has 1 aliphatic rings. The highest BCUT2D eigenvalue weighted by atomic mass is 16.3. The topological polar surface area (TPSA) is 28.4 Å². The predicted molar refractivity (Wildman–Crippen MR) is 70.0 cm³/mol. The number of nitrogens with one attached hydrogen (secondary N) is 1. The lowest BCUT2D eigenvalue weighted by atomic mass is 10.0. The summed E-state index contributed by atoms with van der Waals surface area (Å²) in [6.07, 6.45) is 4.27. The third-order valence-corrected chi connectivity index (χ3v) is 3.79. The molecule has 17 heavy (non-hydrogen) atoms. The molecule has 1 saturated heterocycles. The predicted octanol–water partition coefficient (Wildman–Crippen LogP) is 2.80. The van der Waals surface area contributed by atoms with Crippen molar-refractivity contribution in [1.29, 1.82) is 0 Å². The molecule has 0 aromatic carbocycles. The normalized spacial score (nSPS) is 28.2. The van der Waals surface area contributed by atoms with Crippen LogP contribution in [0.15, 0.2) is 22.8 Å². The van der Waals surface area contributed by atoms with Gasteiger partial charge in [-0.15, -0.1) is 0 Å². The van der Waals surface area contributed by atoms with Gasteiger partial charge in [-0.3, -0.25) is 4.90 Å². The summed E-state index contributed by atoms with van der Waals surface area (Å²) in [4.78, 5) is 2.55. The molecule has 3 unspecified atom stereocenters. The van der Waals surface area contributed by atoms with Gasteiger partial charge < -0.3 is 9.73 Å². The lowest BCUT2D eigenvalue weighted by Crippen LogP contribution is -2.55. The number of hydrogen-bond acceptors (Lipinski definition) is 3. The van der Waals surface area contributed by atoms with Crippen LogP contribution in [0.1, 0.15) is 45.4 Å². The smallest absolute Gasteiger partial charge is 0.120 e. The standard InChI is InChI=1S/C14H24N2O/c1-4-6-13-10-16(11(2)9-15-13)12(3)14-7-5-8-17-14/h5,7-8,11-13,15H,4,6,9-10H2,1-3H3. The first-order valence-corrected chi connectivity index (χ1v) is 6.75. The molecule has 1 fully saturated rings. The average Bonchev–Trinajstić information content (AvgIpc) is 2.85. The third kappa shape index (κ3) is 2.90. The van der Waals surface area contributed by atoms with Crippen LogP contribution in [0.25, 0.3) is 0 Å². The zero-order chi connectivity index (χ0) is 12.3. The van der Waals surface area contributed by atoms with E-state index in [1.165, 1.54) is 12.8 Å². The second-order valence-corrected chi connectivity index (χ2v) is 5.13. The number of hydrogen-bond donors (Lipinski definition) is 1. The summed E-state index contributed by atoms with van der Waals surface area (Å²) < 4.78 is 5.53. The van der Waals surface area contributed by atoms with Crippen molar-refractivity contribution in [2.24, 2.45) is 0 Å². The minimum Gasteiger partial charge on any atom is -0.468 e. The molecule has 96 valence electrons. The van der Waals surface area contributed by atoms with Gasteiger partial charge in [0.05, 0.1) is 12.3 Å². The second kappa shape index (κ2) is 5.69. The summed E-state index contributed by atoms with van der Waals surface area (Å²) >= 11 is 0. The Morgan fingerprint density at radius 2 is 2.41 bits per heavy atom. The van der Waals surface area contributed by atoms with E-state index >= 15 is 0 Å². The molecular weight excluding hydrogens is 212 g/mol. The van der Waals surface area contributed by atoms with Crippen LogP contribution in [-0.4, -0.2) is 30.1 Å². The first-order valence-electron chi connectivity index (χ1n) is 6.75. The van der Waals surface area contributed by atoms with Crippen molar-refractivity contribution in [1.82, 2.24) is 10.2 Å². The van der Waals surface area contributed by atoms with E-state index in [1.807, 2.05) is 6.07 Å². The van der Waals surface area contributed by atoms with Crippen LogP contribution in [0.4, 0.5) is 0 Å². The van der Waals surface area contributed by atoms with E-state index in [9.17, 15) is 0 Å². The minimum absolute atomic E-state index is 0.376. The molecule has 0 radical (unpaired) electrons. The molecule has 3 atom stereocenters. The molecule has 1 aromatic heterocycles. The molecular formula is C14H24N2O. The second-order valence-electron chi connectivity index (χ2n) is 5.13. The monoisotopic (exact) mass is 236 g/mol. The number of piperazine rings is 1. The summed E-state index contributed by atoms with van der Waals surface area (Å²) in [7, 11) is 0. The van der Waals surface area contributed by atoms with Crippen LogP contribution in [0.2, 0.25) is 0 Å². The van der Waals surface area contributed by atoms with Crippen molar-refractivity contribution in [2.75, 3.05) is 13.1 Å². The summed E-state index contributed by atoms with van der Waals surface area (Å²) in [5, 5.41) is 3.63. The molecule has 0 bridgehead atoms. The molecule has 0 amide bonds. The van der Waals surface area contributed by atoms with Gasteiger partial charge in [-0.1, -0.05) is 13.3 Å². The van der Waals surface area contributed by atoms with E-state index in [-0.39, 0.29) is 0 Å². The number of rotatable bonds is 4. The maximum absolute atomic E-state index is 5.53. The fourth-order valence-electron chi connectivity index (χ4n) is 2.73. The lowest BCUT2D eigenvalue weighted by molar-refractivity contribution is 0.0852. The Hall–Kier alpha value is -0.800. The van der Waals surface area contributed by atoms with E-state index in [4.69, 9.17) is 4.42 Å². The van der Waals surface area contributed by atoms with E-state index < -0.39 is 0 Å². The van der Waals surface area contributed by atoms with Crippen molar-refractivity contribution in [2.45, 2.75) is 51.7 Å². The van der Waals surface area contributed by atoms with Crippen molar-refractivity contribution >= 4 is 0 Å². The van der Waals surface area contributed by atoms with Crippen molar-refractivity contribution in [3.8, 4) is 0 Å². The average molecular weight is 236 g/mol. The van der Waals surface area contributed by atoms with Crippen LogP contribution in [0.3, 0.4) is 0 Å². The molecule has 1 N–H and O–H groups in total. The molecule has 3 nitrogen and oxygen atoms in total. The van der Waals surface area contributed by atoms with Gasteiger partial charge >= 0.3 is 0 Å². The van der Waals surface area contributed by atoms with Gasteiger partial charge in [-0.05, 0) is 32.4 Å². The Balaban J connectivity index is 2.02. The van der Waals surface area contributed by atoms with E-state index in [0.717, 1.165) is 18.8 Å². The molecule has 3 heteroatoms. The Bertz CT molecular complexity index is 323. The molecule has 0 aliphatic carbocycles.